The molecule has 1 amide bonds. The smallest absolute Gasteiger partial charge is 0.350 e. The molecule has 3 nitrogen and oxygen atoms in total. The molecule has 0 saturated carbocycles. The monoisotopic (exact) mass is 286 g/mol. The van der Waals surface area contributed by atoms with Crippen LogP contribution in [0.1, 0.15) is 31.0 Å². The highest BCUT2D eigenvalue weighted by atomic mass is 19.4. The van der Waals surface area contributed by atoms with Crippen LogP contribution in [0.15, 0.2) is 24.3 Å². The van der Waals surface area contributed by atoms with Crippen molar-refractivity contribution in [3.8, 4) is 0 Å². The Balaban J connectivity index is 2.12. The maximum absolute atomic E-state index is 12.8. The van der Waals surface area contributed by atoms with E-state index in [0.29, 0.717) is 6.42 Å². The summed E-state index contributed by atoms with van der Waals surface area (Å²) in [4.78, 5) is 11.9. The Morgan fingerprint density at radius 1 is 1.30 bits per heavy atom. The average molecular weight is 286 g/mol. The van der Waals surface area contributed by atoms with Gasteiger partial charge in [0, 0.05) is 0 Å². The van der Waals surface area contributed by atoms with E-state index in [1.165, 1.54) is 0 Å². The first-order chi connectivity index (χ1) is 9.14. The van der Waals surface area contributed by atoms with E-state index in [-0.39, 0.29) is 0 Å². The van der Waals surface area contributed by atoms with Crippen LogP contribution in [0.4, 0.5) is 13.2 Å². The minimum atomic E-state index is -4.59. The molecular weight excluding hydrogens is 269 g/mol. The second-order valence-electron chi connectivity index (χ2n) is 5.63. The highest BCUT2D eigenvalue weighted by Gasteiger charge is 2.53. The van der Waals surface area contributed by atoms with Gasteiger partial charge in [-0.15, -0.1) is 0 Å². The Bertz CT molecular complexity index is 525. The molecule has 2 rings (SSSR count). The van der Waals surface area contributed by atoms with Gasteiger partial charge in [0.2, 0.25) is 5.91 Å². The van der Waals surface area contributed by atoms with Crippen molar-refractivity contribution in [3.63, 3.8) is 0 Å². The molecule has 0 heterocycles. The zero-order chi connectivity index (χ0) is 15.1. The predicted molar refractivity (Wildman–Crippen MR) is 68.8 cm³/mol. The molecule has 0 bridgehead atoms. The molecule has 0 saturated heterocycles. The highest BCUT2D eigenvalue weighted by Crippen LogP contribution is 2.38. The topological polar surface area (TPSA) is 55.1 Å². The second kappa shape index (κ2) is 4.77. The molecule has 1 aliphatic rings. The Hall–Kier alpha value is -1.56. The Morgan fingerprint density at radius 2 is 1.90 bits per heavy atom. The van der Waals surface area contributed by atoms with Crippen LogP contribution in [0.25, 0.3) is 0 Å². The number of rotatable bonds is 2. The first-order valence-corrected chi connectivity index (χ1v) is 6.35. The zero-order valence-corrected chi connectivity index (χ0v) is 11.3. The molecule has 0 aliphatic heterocycles. The number of carbonyl (C=O) groups excluding carboxylic acids is 1. The van der Waals surface area contributed by atoms with E-state index in [1.54, 1.807) is 0 Å². The van der Waals surface area contributed by atoms with Crippen LogP contribution in [0, 0.1) is 5.41 Å². The van der Waals surface area contributed by atoms with Crippen molar-refractivity contribution in [2.45, 2.75) is 38.5 Å². The molecule has 3 N–H and O–H groups in total. The molecular formula is C14H17F3N2O. The van der Waals surface area contributed by atoms with Gasteiger partial charge in [0.1, 0.15) is 5.41 Å². The molecule has 2 atom stereocenters. The minimum Gasteiger partial charge on any atom is -0.350 e. The SMILES string of the molecule is CC(C)(C(=O)N[C@@H]1Cc2ccccc2[C@H]1N)C(F)(F)F. The number of amides is 1. The molecule has 1 aliphatic carbocycles. The van der Waals surface area contributed by atoms with Crippen LogP contribution in [-0.4, -0.2) is 18.1 Å². The van der Waals surface area contributed by atoms with Crippen LogP contribution >= 0.6 is 0 Å². The third-order valence-corrected chi connectivity index (χ3v) is 3.88. The lowest BCUT2D eigenvalue weighted by Gasteiger charge is -2.29. The Morgan fingerprint density at radius 3 is 2.45 bits per heavy atom. The minimum absolute atomic E-state index is 0.455. The van der Waals surface area contributed by atoms with Crippen molar-refractivity contribution in [3.05, 3.63) is 35.4 Å². The number of nitrogens with one attached hydrogen (secondary N) is 1. The number of fused-ring (bicyclic) bond motifs is 1. The molecule has 1 aromatic rings. The van der Waals surface area contributed by atoms with Gasteiger partial charge in [-0.25, -0.2) is 0 Å². The van der Waals surface area contributed by atoms with Gasteiger partial charge in [0.15, 0.2) is 0 Å². The van der Waals surface area contributed by atoms with Gasteiger partial charge in [0.05, 0.1) is 12.1 Å². The summed E-state index contributed by atoms with van der Waals surface area (Å²) >= 11 is 0. The van der Waals surface area contributed by atoms with Gasteiger partial charge >= 0.3 is 6.18 Å². The maximum atomic E-state index is 12.8. The summed E-state index contributed by atoms with van der Waals surface area (Å²) in [6.07, 6.45) is -4.14. The van der Waals surface area contributed by atoms with E-state index in [9.17, 15) is 18.0 Å². The molecule has 0 spiro atoms. The lowest BCUT2D eigenvalue weighted by Crippen LogP contribution is -2.51. The van der Waals surface area contributed by atoms with Crippen molar-refractivity contribution < 1.29 is 18.0 Å². The van der Waals surface area contributed by atoms with Crippen LogP contribution in [-0.2, 0) is 11.2 Å². The summed E-state index contributed by atoms with van der Waals surface area (Å²) in [5.74, 6) is -1.04. The summed E-state index contributed by atoms with van der Waals surface area (Å²) in [6, 6.07) is 6.40. The van der Waals surface area contributed by atoms with Crippen molar-refractivity contribution in [1.82, 2.24) is 5.32 Å². The summed E-state index contributed by atoms with van der Waals surface area (Å²) in [7, 11) is 0. The number of nitrogens with two attached hydrogens (primary N) is 1. The van der Waals surface area contributed by atoms with E-state index in [0.717, 1.165) is 25.0 Å². The number of hydrogen-bond donors (Lipinski definition) is 2. The lowest BCUT2D eigenvalue weighted by atomic mass is 9.91. The normalized spacial score (nSPS) is 22.5. The Labute approximate surface area is 115 Å². The molecule has 0 aromatic heterocycles. The largest absolute Gasteiger partial charge is 0.402 e. The number of halogens is 3. The summed E-state index contributed by atoms with van der Waals surface area (Å²) < 4.78 is 38.5. The van der Waals surface area contributed by atoms with Gasteiger partial charge in [-0.2, -0.15) is 13.2 Å². The lowest BCUT2D eigenvalue weighted by molar-refractivity contribution is -0.211. The van der Waals surface area contributed by atoms with E-state index in [4.69, 9.17) is 5.73 Å². The number of alkyl halides is 3. The van der Waals surface area contributed by atoms with Gasteiger partial charge in [0.25, 0.3) is 0 Å². The Kier molecular flexibility index (Phi) is 3.54. The molecule has 0 unspecified atom stereocenters. The molecule has 0 radical (unpaired) electrons. The van der Waals surface area contributed by atoms with Gasteiger partial charge < -0.3 is 11.1 Å². The molecule has 6 heteroatoms. The van der Waals surface area contributed by atoms with E-state index in [2.05, 4.69) is 5.32 Å². The second-order valence-corrected chi connectivity index (χ2v) is 5.63. The molecule has 0 fully saturated rings. The van der Waals surface area contributed by atoms with Crippen molar-refractivity contribution in [2.75, 3.05) is 0 Å². The number of carbonyl (C=O) groups is 1. The molecule has 20 heavy (non-hydrogen) atoms. The van der Waals surface area contributed by atoms with E-state index in [1.807, 2.05) is 24.3 Å². The van der Waals surface area contributed by atoms with E-state index >= 15 is 0 Å². The fraction of sp³-hybridized carbons (Fsp3) is 0.500. The van der Waals surface area contributed by atoms with Crippen LogP contribution in [0.3, 0.4) is 0 Å². The number of benzene rings is 1. The first-order valence-electron chi connectivity index (χ1n) is 6.35. The quantitative estimate of drug-likeness (QED) is 0.876. The van der Waals surface area contributed by atoms with Crippen LogP contribution < -0.4 is 11.1 Å². The van der Waals surface area contributed by atoms with Gasteiger partial charge in [-0.3, -0.25) is 4.79 Å². The van der Waals surface area contributed by atoms with Gasteiger partial charge in [-0.1, -0.05) is 24.3 Å². The van der Waals surface area contributed by atoms with Gasteiger partial charge in [-0.05, 0) is 31.4 Å². The fourth-order valence-electron chi connectivity index (χ4n) is 2.24. The maximum Gasteiger partial charge on any atom is 0.402 e. The third kappa shape index (κ3) is 2.40. The van der Waals surface area contributed by atoms with Crippen molar-refractivity contribution in [1.29, 1.82) is 0 Å². The standard InChI is InChI=1S/C14H17F3N2O/c1-13(2,14(15,16)17)12(20)19-10-7-8-5-3-4-6-9(8)11(10)18/h3-6,10-11H,7,18H2,1-2H3,(H,19,20)/t10-,11-/m1/s1. The first kappa shape index (κ1) is 14.8. The third-order valence-electron chi connectivity index (χ3n) is 3.88. The molecule has 1 aromatic carbocycles. The fourth-order valence-corrected chi connectivity index (χ4v) is 2.24. The van der Waals surface area contributed by atoms with Crippen molar-refractivity contribution in [2.24, 2.45) is 11.1 Å². The zero-order valence-electron chi connectivity index (χ0n) is 11.3. The van der Waals surface area contributed by atoms with Crippen molar-refractivity contribution >= 4 is 5.91 Å². The summed E-state index contributed by atoms with van der Waals surface area (Å²) in [6.45, 7) is 1.74. The predicted octanol–water partition coefficient (Wildman–Crippen LogP) is 2.32. The highest BCUT2D eigenvalue weighted by molar-refractivity contribution is 5.83. The van der Waals surface area contributed by atoms with Crippen LogP contribution in [0.2, 0.25) is 0 Å². The van der Waals surface area contributed by atoms with Crippen LogP contribution in [0.5, 0.6) is 0 Å². The van der Waals surface area contributed by atoms with E-state index < -0.39 is 29.6 Å². The number of hydrogen-bond acceptors (Lipinski definition) is 2. The summed E-state index contributed by atoms with van der Waals surface area (Å²) in [5, 5.41) is 2.44. The average Bonchev–Trinajstić information content (AvgIpc) is 2.65. The molecule has 110 valence electrons. The summed E-state index contributed by atoms with van der Waals surface area (Å²) in [5.41, 5.74) is 5.41.